The van der Waals surface area contributed by atoms with Crippen LogP contribution in [0.5, 0.6) is 11.5 Å². The second-order valence-corrected chi connectivity index (χ2v) is 4.08. The van der Waals surface area contributed by atoms with Crippen molar-refractivity contribution in [3.63, 3.8) is 0 Å². The molecule has 7 heteroatoms. The summed E-state index contributed by atoms with van der Waals surface area (Å²) in [7, 11) is 1.53. The van der Waals surface area contributed by atoms with Gasteiger partial charge in [0.15, 0.2) is 6.61 Å². The number of benzene rings is 1. The molecule has 1 N–H and O–H groups in total. The van der Waals surface area contributed by atoms with E-state index in [1.54, 1.807) is 25.1 Å². The Balaban J connectivity index is 2.19. The number of ether oxygens (including phenoxy) is 2. The lowest BCUT2D eigenvalue weighted by Gasteiger charge is -2.09. The van der Waals surface area contributed by atoms with Crippen molar-refractivity contribution in [2.45, 2.75) is 13.5 Å². The van der Waals surface area contributed by atoms with Crippen molar-refractivity contribution < 1.29 is 23.8 Å². The summed E-state index contributed by atoms with van der Waals surface area (Å²) in [4.78, 5) is 10.6. The summed E-state index contributed by atoms with van der Waals surface area (Å²) in [5.74, 6) is 0.805. The van der Waals surface area contributed by atoms with Crippen LogP contribution in [0.2, 0.25) is 0 Å². The Kier molecular flexibility index (Phi) is 4.55. The van der Waals surface area contributed by atoms with Crippen molar-refractivity contribution in [1.29, 1.82) is 0 Å². The highest BCUT2D eigenvalue weighted by Gasteiger charge is 2.08. The topological polar surface area (TPSA) is 94.7 Å². The van der Waals surface area contributed by atoms with Crippen LogP contribution in [0.4, 0.5) is 0 Å². The zero-order valence-corrected chi connectivity index (χ0v) is 11.6. The van der Waals surface area contributed by atoms with Crippen LogP contribution in [0.1, 0.15) is 17.3 Å². The molecule has 1 aromatic carbocycles. The molecule has 0 saturated carbocycles. The van der Waals surface area contributed by atoms with E-state index in [1.807, 2.05) is 0 Å². The minimum absolute atomic E-state index is 0.0852. The van der Waals surface area contributed by atoms with Crippen LogP contribution in [-0.2, 0) is 11.4 Å². The van der Waals surface area contributed by atoms with Gasteiger partial charge < -0.3 is 19.0 Å². The van der Waals surface area contributed by atoms with Crippen molar-refractivity contribution >= 4 is 12.0 Å². The van der Waals surface area contributed by atoms with Crippen LogP contribution in [0.15, 0.2) is 28.7 Å². The summed E-state index contributed by atoms with van der Waals surface area (Å²) in [5, 5.41) is 16.2. The van der Waals surface area contributed by atoms with E-state index in [1.165, 1.54) is 13.2 Å². The number of carbonyl (C=O) groups is 1. The van der Waals surface area contributed by atoms with E-state index in [-0.39, 0.29) is 6.61 Å². The van der Waals surface area contributed by atoms with Crippen LogP contribution in [0.25, 0.3) is 6.08 Å². The highest BCUT2D eigenvalue weighted by molar-refractivity contribution is 5.86. The Hall–Kier alpha value is -2.83. The van der Waals surface area contributed by atoms with Gasteiger partial charge >= 0.3 is 5.97 Å². The molecule has 0 amide bonds. The fraction of sp³-hybridized carbons (Fsp3) is 0.214. The third kappa shape index (κ3) is 4.07. The van der Waals surface area contributed by atoms with E-state index in [9.17, 15) is 4.79 Å². The molecule has 0 saturated heterocycles. The molecule has 0 bridgehead atoms. The van der Waals surface area contributed by atoms with E-state index in [0.29, 0.717) is 28.8 Å². The summed E-state index contributed by atoms with van der Waals surface area (Å²) >= 11 is 0. The van der Waals surface area contributed by atoms with E-state index < -0.39 is 5.97 Å². The minimum Gasteiger partial charge on any atom is -0.497 e. The molecule has 0 radical (unpaired) electrons. The first kappa shape index (κ1) is 14.6. The number of aliphatic carboxylic acids is 1. The monoisotopic (exact) mass is 290 g/mol. The third-order valence-electron chi connectivity index (χ3n) is 2.55. The average Bonchev–Trinajstić information content (AvgIpc) is 2.88. The maximum atomic E-state index is 10.6. The predicted octanol–water partition coefficient (Wildman–Crippen LogP) is 2.06. The first-order valence-electron chi connectivity index (χ1n) is 6.09. The molecule has 2 rings (SSSR count). The van der Waals surface area contributed by atoms with Gasteiger partial charge in [-0.25, -0.2) is 4.79 Å². The fourth-order valence-corrected chi connectivity index (χ4v) is 1.60. The quantitative estimate of drug-likeness (QED) is 0.813. The number of methoxy groups -OCH3 is 1. The smallest absolute Gasteiger partial charge is 0.328 e. The second-order valence-electron chi connectivity index (χ2n) is 4.08. The van der Waals surface area contributed by atoms with Gasteiger partial charge in [0, 0.05) is 24.6 Å². The number of aryl methyl sites for hydroxylation is 1. The van der Waals surface area contributed by atoms with Gasteiger partial charge in [0.05, 0.1) is 7.11 Å². The van der Waals surface area contributed by atoms with Gasteiger partial charge in [-0.15, -0.1) is 10.2 Å². The largest absolute Gasteiger partial charge is 0.497 e. The fourth-order valence-electron chi connectivity index (χ4n) is 1.60. The number of rotatable bonds is 6. The molecule has 0 unspecified atom stereocenters. The lowest BCUT2D eigenvalue weighted by Crippen LogP contribution is -1.98. The van der Waals surface area contributed by atoms with Crippen LogP contribution in [-0.4, -0.2) is 28.4 Å². The molecular formula is C14H14N2O5. The number of hydrogen-bond donors (Lipinski definition) is 1. The Bertz CT molecular complexity index is 663. The van der Waals surface area contributed by atoms with E-state index in [0.717, 1.165) is 6.08 Å². The molecular weight excluding hydrogens is 276 g/mol. The number of carboxylic acid groups (broad SMARTS) is 1. The summed E-state index contributed by atoms with van der Waals surface area (Å²) in [5.41, 5.74) is 0.606. The SMILES string of the molecule is COc1ccc(C=CC(=O)O)c(OCc2nnc(C)o2)c1. The molecule has 0 fully saturated rings. The zero-order valence-electron chi connectivity index (χ0n) is 11.6. The van der Waals surface area contributed by atoms with Crippen molar-refractivity contribution in [2.24, 2.45) is 0 Å². The highest BCUT2D eigenvalue weighted by Crippen LogP contribution is 2.26. The summed E-state index contributed by atoms with van der Waals surface area (Å²) < 4.78 is 15.9. The first-order chi connectivity index (χ1) is 10.1. The second kappa shape index (κ2) is 6.56. The highest BCUT2D eigenvalue weighted by atomic mass is 16.5. The Labute approximate surface area is 120 Å². The molecule has 110 valence electrons. The van der Waals surface area contributed by atoms with E-state index in [4.69, 9.17) is 19.0 Å². The van der Waals surface area contributed by atoms with Crippen molar-refractivity contribution in [1.82, 2.24) is 10.2 Å². The van der Waals surface area contributed by atoms with Gasteiger partial charge in [-0.3, -0.25) is 0 Å². The maximum Gasteiger partial charge on any atom is 0.328 e. The van der Waals surface area contributed by atoms with Gasteiger partial charge in [-0.2, -0.15) is 0 Å². The molecule has 21 heavy (non-hydrogen) atoms. The van der Waals surface area contributed by atoms with Crippen molar-refractivity contribution in [2.75, 3.05) is 7.11 Å². The van der Waals surface area contributed by atoms with Crippen LogP contribution >= 0.6 is 0 Å². The first-order valence-corrected chi connectivity index (χ1v) is 6.09. The average molecular weight is 290 g/mol. The van der Waals surface area contributed by atoms with Crippen molar-refractivity contribution in [3.8, 4) is 11.5 Å². The standard InChI is InChI=1S/C14H14N2O5/c1-9-15-16-13(21-9)8-20-12-7-11(19-2)5-3-10(12)4-6-14(17)18/h3-7H,8H2,1-2H3,(H,17,18). The predicted molar refractivity (Wildman–Crippen MR) is 73.0 cm³/mol. The lowest BCUT2D eigenvalue weighted by molar-refractivity contribution is -0.131. The van der Waals surface area contributed by atoms with Gasteiger partial charge in [0.25, 0.3) is 5.89 Å². The molecule has 0 aliphatic heterocycles. The van der Waals surface area contributed by atoms with Gasteiger partial charge in [-0.05, 0) is 18.2 Å². The molecule has 2 aromatic rings. The molecule has 1 heterocycles. The maximum absolute atomic E-state index is 10.6. The van der Waals surface area contributed by atoms with E-state index in [2.05, 4.69) is 10.2 Å². The molecule has 1 aromatic heterocycles. The zero-order chi connectivity index (χ0) is 15.2. The Morgan fingerprint density at radius 1 is 1.43 bits per heavy atom. The number of nitrogens with zero attached hydrogens (tertiary/aromatic N) is 2. The summed E-state index contributed by atoms with van der Waals surface area (Å²) in [6.07, 6.45) is 2.47. The van der Waals surface area contributed by atoms with Gasteiger partial charge in [-0.1, -0.05) is 0 Å². The van der Waals surface area contributed by atoms with Crippen LogP contribution < -0.4 is 9.47 Å². The Morgan fingerprint density at radius 3 is 2.86 bits per heavy atom. The summed E-state index contributed by atoms with van der Waals surface area (Å²) in [6, 6.07) is 5.07. The van der Waals surface area contributed by atoms with Crippen LogP contribution in [0.3, 0.4) is 0 Å². The minimum atomic E-state index is -1.04. The molecule has 0 aliphatic rings. The Morgan fingerprint density at radius 2 is 2.24 bits per heavy atom. The number of carboxylic acids is 1. The summed E-state index contributed by atoms with van der Waals surface area (Å²) in [6.45, 7) is 1.77. The number of aromatic nitrogens is 2. The normalized spacial score (nSPS) is 10.8. The molecule has 0 atom stereocenters. The third-order valence-corrected chi connectivity index (χ3v) is 2.55. The van der Waals surface area contributed by atoms with Gasteiger partial charge in [0.1, 0.15) is 11.5 Å². The molecule has 0 aliphatic carbocycles. The van der Waals surface area contributed by atoms with E-state index >= 15 is 0 Å². The molecule has 0 spiro atoms. The van der Waals surface area contributed by atoms with Crippen molar-refractivity contribution in [3.05, 3.63) is 41.6 Å². The lowest BCUT2D eigenvalue weighted by atomic mass is 10.1. The van der Waals surface area contributed by atoms with Gasteiger partial charge in [0.2, 0.25) is 5.89 Å². The van der Waals surface area contributed by atoms with Crippen LogP contribution in [0, 0.1) is 6.92 Å². The number of hydrogen-bond acceptors (Lipinski definition) is 6. The molecule has 7 nitrogen and oxygen atoms in total.